The number of nitrogens with one attached hydrogen (secondary N) is 1. The van der Waals surface area contributed by atoms with Crippen molar-refractivity contribution in [2.45, 2.75) is 39.5 Å². The fourth-order valence-electron chi connectivity index (χ4n) is 4.64. The van der Waals surface area contributed by atoms with Gasteiger partial charge in [0.2, 0.25) is 10.0 Å². The van der Waals surface area contributed by atoms with Crippen molar-refractivity contribution >= 4 is 27.2 Å². The molecule has 196 valence electrons. The van der Waals surface area contributed by atoms with E-state index >= 15 is 0 Å². The molecule has 3 aromatic rings. The van der Waals surface area contributed by atoms with Gasteiger partial charge in [0.15, 0.2) is 0 Å². The molecule has 0 saturated carbocycles. The van der Waals surface area contributed by atoms with Crippen LogP contribution in [0.4, 0.5) is 0 Å². The Hall–Kier alpha value is -4.00. The summed E-state index contributed by atoms with van der Waals surface area (Å²) in [4.78, 5) is 17.6. The molecule has 4 rings (SSSR count). The summed E-state index contributed by atoms with van der Waals surface area (Å²) in [5.41, 5.74) is 7.78. The summed E-state index contributed by atoms with van der Waals surface area (Å²) in [6.45, 7) is 4.09. The van der Waals surface area contributed by atoms with Crippen molar-refractivity contribution in [1.29, 1.82) is 5.26 Å². The minimum Gasteiger partial charge on any atom is -0.351 e. The van der Waals surface area contributed by atoms with Crippen LogP contribution in [0.3, 0.4) is 0 Å². The van der Waals surface area contributed by atoms with E-state index in [1.165, 1.54) is 0 Å². The minimum atomic E-state index is -3.66. The van der Waals surface area contributed by atoms with E-state index in [9.17, 15) is 18.5 Å². The number of pyridine rings is 1. The van der Waals surface area contributed by atoms with Gasteiger partial charge in [-0.05, 0) is 67.5 Å². The normalized spacial score (nSPS) is 18.5. The number of fused-ring (bicyclic) bond motifs is 1. The molecular formula is C29H31N5O3S. The SMILES string of the molecule is CCc1c(-c2ccccc2C2=C/C=C(/C#N)CCC\C=C\2C)nc2cc(C(=O)NCCS(N)(=O)=O)ccn12. The Labute approximate surface area is 223 Å². The quantitative estimate of drug-likeness (QED) is 0.464. The van der Waals surface area contributed by atoms with Gasteiger partial charge in [0.25, 0.3) is 5.91 Å². The van der Waals surface area contributed by atoms with Crippen LogP contribution in [-0.4, -0.2) is 36.0 Å². The summed E-state index contributed by atoms with van der Waals surface area (Å²) >= 11 is 0. The summed E-state index contributed by atoms with van der Waals surface area (Å²) in [6.07, 6.45) is 11.3. The molecule has 2 heterocycles. The zero-order valence-electron chi connectivity index (χ0n) is 21.6. The van der Waals surface area contributed by atoms with Crippen molar-refractivity contribution in [3.63, 3.8) is 0 Å². The minimum absolute atomic E-state index is 0.0694. The zero-order valence-corrected chi connectivity index (χ0v) is 22.4. The number of hydrogen-bond acceptors (Lipinski definition) is 5. The molecule has 2 aromatic heterocycles. The van der Waals surface area contributed by atoms with Gasteiger partial charge < -0.3 is 9.72 Å². The third-order valence-electron chi connectivity index (χ3n) is 6.59. The molecule has 1 aliphatic carbocycles. The number of aromatic nitrogens is 2. The topological polar surface area (TPSA) is 130 Å². The van der Waals surface area contributed by atoms with Crippen molar-refractivity contribution in [2.24, 2.45) is 5.14 Å². The summed E-state index contributed by atoms with van der Waals surface area (Å²) < 4.78 is 24.3. The fraction of sp³-hybridized carbons (Fsp3) is 0.276. The van der Waals surface area contributed by atoms with Gasteiger partial charge in [-0.15, -0.1) is 0 Å². The fourth-order valence-corrected chi connectivity index (χ4v) is 5.03. The van der Waals surface area contributed by atoms with Gasteiger partial charge in [0.1, 0.15) is 5.65 Å². The average molecular weight is 530 g/mol. The van der Waals surface area contributed by atoms with Crippen molar-refractivity contribution in [2.75, 3.05) is 12.3 Å². The molecular weight excluding hydrogens is 498 g/mol. The smallest absolute Gasteiger partial charge is 0.251 e. The number of sulfonamides is 1. The zero-order chi connectivity index (χ0) is 27.3. The average Bonchev–Trinajstić information content (AvgIpc) is 3.30. The summed E-state index contributed by atoms with van der Waals surface area (Å²) in [5.74, 6) is -0.726. The number of imidazole rings is 1. The number of carbonyl (C=O) groups excluding carboxylic acids is 1. The van der Waals surface area contributed by atoms with Crippen LogP contribution >= 0.6 is 0 Å². The number of aryl methyl sites for hydroxylation is 1. The van der Waals surface area contributed by atoms with Crippen LogP contribution in [0, 0.1) is 11.3 Å². The number of carbonyl (C=O) groups is 1. The number of rotatable bonds is 7. The van der Waals surface area contributed by atoms with Crippen LogP contribution in [0.2, 0.25) is 0 Å². The second-order valence-corrected chi connectivity index (χ2v) is 11.0. The molecule has 8 nitrogen and oxygen atoms in total. The Kier molecular flexibility index (Phi) is 8.25. The van der Waals surface area contributed by atoms with E-state index in [-0.39, 0.29) is 12.3 Å². The lowest BCUT2D eigenvalue weighted by Crippen LogP contribution is -2.31. The first kappa shape index (κ1) is 27.0. The lowest BCUT2D eigenvalue weighted by atomic mass is 9.91. The van der Waals surface area contributed by atoms with E-state index in [0.717, 1.165) is 64.9 Å². The first-order chi connectivity index (χ1) is 18.2. The number of nitrogens with zero attached hydrogens (tertiary/aromatic N) is 3. The maximum absolute atomic E-state index is 12.6. The van der Waals surface area contributed by atoms with Crippen molar-refractivity contribution < 1.29 is 13.2 Å². The Morgan fingerprint density at radius 3 is 2.68 bits per heavy atom. The number of amides is 1. The van der Waals surface area contributed by atoms with Gasteiger partial charge in [-0.2, -0.15) is 5.26 Å². The molecule has 1 amide bonds. The number of primary sulfonamides is 1. The van der Waals surface area contributed by atoms with Crippen molar-refractivity contribution in [3.05, 3.63) is 88.8 Å². The van der Waals surface area contributed by atoms with Crippen LogP contribution in [0.5, 0.6) is 0 Å². The molecule has 0 saturated heterocycles. The van der Waals surface area contributed by atoms with Gasteiger partial charge >= 0.3 is 0 Å². The van der Waals surface area contributed by atoms with Crippen LogP contribution in [-0.2, 0) is 16.4 Å². The third-order valence-corrected chi connectivity index (χ3v) is 7.36. The highest BCUT2D eigenvalue weighted by Gasteiger charge is 2.19. The molecule has 0 unspecified atom stereocenters. The highest BCUT2D eigenvalue weighted by Crippen LogP contribution is 2.35. The molecule has 38 heavy (non-hydrogen) atoms. The number of allylic oxidation sites excluding steroid dienone is 6. The molecule has 0 aliphatic heterocycles. The van der Waals surface area contributed by atoms with Crippen LogP contribution in [0.1, 0.15) is 54.7 Å². The van der Waals surface area contributed by atoms with Gasteiger partial charge in [-0.1, -0.05) is 43.3 Å². The molecule has 0 radical (unpaired) electrons. The number of benzene rings is 1. The Balaban J connectivity index is 1.78. The Bertz CT molecular complexity index is 1620. The van der Waals surface area contributed by atoms with Crippen LogP contribution in [0.25, 0.3) is 22.5 Å². The first-order valence-corrected chi connectivity index (χ1v) is 14.3. The van der Waals surface area contributed by atoms with Crippen molar-refractivity contribution in [3.8, 4) is 17.3 Å². The predicted octanol–water partition coefficient (Wildman–Crippen LogP) is 4.55. The predicted molar refractivity (Wildman–Crippen MR) is 150 cm³/mol. The summed E-state index contributed by atoms with van der Waals surface area (Å²) in [6, 6.07) is 13.8. The Morgan fingerprint density at radius 1 is 1.21 bits per heavy atom. The molecule has 0 atom stereocenters. The van der Waals surface area contributed by atoms with E-state index in [4.69, 9.17) is 10.1 Å². The van der Waals surface area contributed by atoms with Gasteiger partial charge in [-0.25, -0.2) is 18.5 Å². The number of hydrogen-bond donors (Lipinski definition) is 2. The molecule has 1 aromatic carbocycles. The number of nitrogens with two attached hydrogens (primary N) is 1. The highest BCUT2D eigenvalue weighted by molar-refractivity contribution is 7.89. The van der Waals surface area contributed by atoms with E-state index in [2.05, 4.69) is 37.4 Å². The van der Waals surface area contributed by atoms with Crippen LogP contribution in [0.15, 0.2) is 72.0 Å². The van der Waals surface area contributed by atoms with E-state index in [0.29, 0.717) is 11.2 Å². The summed E-state index contributed by atoms with van der Waals surface area (Å²) in [7, 11) is -3.66. The second-order valence-electron chi connectivity index (χ2n) is 9.24. The van der Waals surface area contributed by atoms with Gasteiger partial charge in [0, 0.05) is 29.4 Å². The first-order valence-electron chi connectivity index (χ1n) is 12.6. The van der Waals surface area contributed by atoms with E-state index < -0.39 is 15.9 Å². The lowest BCUT2D eigenvalue weighted by Gasteiger charge is -2.14. The monoisotopic (exact) mass is 529 g/mol. The highest BCUT2D eigenvalue weighted by atomic mass is 32.2. The second kappa shape index (κ2) is 11.6. The molecule has 3 N–H and O–H groups in total. The summed E-state index contributed by atoms with van der Waals surface area (Å²) in [5, 5.41) is 17.1. The number of nitriles is 1. The largest absolute Gasteiger partial charge is 0.351 e. The molecule has 0 fully saturated rings. The van der Waals surface area contributed by atoms with Gasteiger partial charge in [-0.3, -0.25) is 4.79 Å². The molecule has 1 aliphatic rings. The third kappa shape index (κ3) is 6.10. The van der Waals surface area contributed by atoms with Crippen molar-refractivity contribution in [1.82, 2.24) is 14.7 Å². The molecule has 0 spiro atoms. The molecule has 0 bridgehead atoms. The molecule has 9 heteroatoms. The van der Waals surface area contributed by atoms with Crippen LogP contribution < -0.4 is 10.5 Å². The lowest BCUT2D eigenvalue weighted by molar-refractivity contribution is 0.0956. The van der Waals surface area contributed by atoms with E-state index in [1.54, 1.807) is 12.1 Å². The van der Waals surface area contributed by atoms with Gasteiger partial charge in [0.05, 0.1) is 23.2 Å². The Morgan fingerprint density at radius 2 is 1.97 bits per heavy atom. The van der Waals surface area contributed by atoms with E-state index in [1.807, 2.05) is 40.9 Å². The maximum atomic E-state index is 12.6. The standard InChI is InChI=1S/C29H31N5O3S/c1-3-26-28(33-27-18-22(14-16-34(26)27)29(35)32-15-17-38(31,36)37)25-11-7-6-10-24(25)23-13-12-21(19-30)9-5-4-8-20(23)2/h6-8,10-14,16,18H,3-5,9,15,17H2,1-2H3,(H,32,35)(H2,31,36,37)/b20-8+,21-12+,23-13+. The maximum Gasteiger partial charge on any atom is 0.251 e.